The van der Waals surface area contributed by atoms with Gasteiger partial charge in [0.15, 0.2) is 5.58 Å². The number of phenols is 1. The van der Waals surface area contributed by atoms with Gasteiger partial charge in [-0.25, -0.2) is 4.98 Å². The van der Waals surface area contributed by atoms with E-state index >= 15 is 0 Å². The van der Waals surface area contributed by atoms with Crippen LogP contribution in [-0.4, -0.2) is 22.9 Å². The van der Waals surface area contributed by atoms with Gasteiger partial charge in [0.1, 0.15) is 17.0 Å². The van der Waals surface area contributed by atoms with Crippen LogP contribution >= 0.6 is 0 Å². The first-order chi connectivity index (χ1) is 15.2. The van der Waals surface area contributed by atoms with Crippen LogP contribution in [-0.2, 0) is 0 Å². The molecule has 0 fully saturated rings. The van der Waals surface area contributed by atoms with E-state index in [0.717, 1.165) is 33.3 Å². The number of phenolic OH excluding ortho intramolecular Hbond substituents is 1. The van der Waals surface area contributed by atoms with Gasteiger partial charge in [0.05, 0.1) is 12.3 Å². The Morgan fingerprint density at radius 2 is 1.84 bits per heavy atom. The molecule has 0 atom stereocenters. The van der Waals surface area contributed by atoms with Gasteiger partial charge in [-0.1, -0.05) is 30.3 Å². The molecule has 152 valence electrons. The zero-order valence-electron chi connectivity index (χ0n) is 16.9. The summed E-state index contributed by atoms with van der Waals surface area (Å²) in [4.78, 5) is 9.18. The minimum atomic E-state index is 0.197. The molecule has 1 N–H and O–H groups in total. The molecule has 5 aromatic rings. The molecule has 0 aliphatic rings. The summed E-state index contributed by atoms with van der Waals surface area (Å²) >= 11 is 0. The van der Waals surface area contributed by atoms with Gasteiger partial charge in [0.25, 0.3) is 0 Å². The Labute approximate surface area is 179 Å². The lowest BCUT2D eigenvalue weighted by atomic mass is 10.0. The Morgan fingerprint density at radius 1 is 1.00 bits per heavy atom. The smallest absolute Gasteiger partial charge is 0.227 e. The van der Waals surface area contributed by atoms with E-state index in [9.17, 15) is 5.11 Å². The van der Waals surface area contributed by atoms with Crippen molar-refractivity contribution in [3.8, 4) is 23.0 Å². The highest BCUT2D eigenvalue weighted by Gasteiger charge is 2.09. The van der Waals surface area contributed by atoms with Crippen molar-refractivity contribution in [1.29, 1.82) is 0 Å². The molecule has 0 aliphatic carbocycles. The first-order valence-corrected chi connectivity index (χ1v) is 10.1. The van der Waals surface area contributed by atoms with E-state index in [-0.39, 0.29) is 5.75 Å². The number of hydrogen-bond acceptors (Lipinski definition) is 5. The minimum absolute atomic E-state index is 0.197. The molecule has 0 radical (unpaired) electrons. The van der Waals surface area contributed by atoms with Crippen LogP contribution in [0.2, 0.25) is 0 Å². The number of hydrogen-bond donors (Lipinski definition) is 1. The Hall–Kier alpha value is -4.12. The van der Waals surface area contributed by atoms with Gasteiger partial charge in [0.2, 0.25) is 5.89 Å². The van der Waals surface area contributed by atoms with Crippen LogP contribution in [0.3, 0.4) is 0 Å². The SMILES string of the molecule is CCOc1ccc(-c2nc3cc(N=Cc4c(O)ccc5ccccc45)ccc3o2)cc1. The fourth-order valence-electron chi connectivity index (χ4n) is 3.54. The van der Waals surface area contributed by atoms with Gasteiger partial charge in [0, 0.05) is 17.3 Å². The second-order valence-corrected chi connectivity index (χ2v) is 7.11. The van der Waals surface area contributed by atoms with Crippen molar-refractivity contribution in [2.45, 2.75) is 6.92 Å². The maximum Gasteiger partial charge on any atom is 0.227 e. The third-order valence-corrected chi connectivity index (χ3v) is 5.07. The van der Waals surface area contributed by atoms with Crippen molar-refractivity contribution in [3.05, 3.63) is 84.4 Å². The average Bonchev–Trinajstić information content (AvgIpc) is 3.22. The highest BCUT2D eigenvalue weighted by Crippen LogP contribution is 2.29. The molecule has 0 spiro atoms. The Bertz CT molecular complexity index is 1400. The Balaban J connectivity index is 1.46. The molecule has 5 heteroatoms. The maximum absolute atomic E-state index is 10.3. The second kappa shape index (κ2) is 7.95. The summed E-state index contributed by atoms with van der Waals surface area (Å²) in [6, 6.07) is 24.7. The van der Waals surface area contributed by atoms with E-state index in [1.165, 1.54) is 0 Å². The standard InChI is InChI=1S/C26H20N2O3/c1-2-30-20-11-7-18(8-12-20)26-28-23-15-19(10-14-25(23)31-26)27-16-22-21-6-4-3-5-17(21)9-13-24(22)29/h3-16,29H,2H2,1H3. The molecule has 0 saturated heterocycles. The number of benzene rings is 4. The molecule has 0 amide bonds. The lowest BCUT2D eigenvalue weighted by Gasteiger charge is -2.04. The number of rotatable bonds is 5. The van der Waals surface area contributed by atoms with E-state index in [4.69, 9.17) is 9.15 Å². The molecular formula is C26H20N2O3. The number of aromatic nitrogens is 1. The molecule has 1 aromatic heterocycles. The normalized spacial score (nSPS) is 11.5. The van der Waals surface area contributed by atoms with E-state index < -0.39 is 0 Å². The number of oxazole rings is 1. The number of aromatic hydroxyl groups is 1. The summed E-state index contributed by atoms with van der Waals surface area (Å²) in [5.41, 5.74) is 3.71. The Kier molecular flexibility index (Phi) is 4.84. The molecule has 0 aliphatic heterocycles. The predicted octanol–water partition coefficient (Wildman–Crippen LogP) is 6.50. The van der Waals surface area contributed by atoms with E-state index in [1.54, 1.807) is 12.3 Å². The van der Waals surface area contributed by atoms with Gasteiger partial charge in [-0.2, -0.15) is 0 Å². The molecule has 4 aromatic carbocycles. The minimum Gasteiger partial charge on any atom is -0.507 e. The van der Waals surface area contributed by atoms with Crippen LogP contribution in [0, 0.1) is 0 Å². The fourth-order valence-corrected chi connectivity index (χ4v) is 3.54. The average molecular weight is 408 g/mol. The zero-order valence-corrected chi connectivity index (χ0v) is 16.9. The van der Waals surface area contributed by atoms with Crippen molar-refractivity contribution >= 4 is 33.8 Å². The molecule has 5 rings (SSSR count). The van der Waals surface area contributed by atoms with Gasteiger partial charge >= 0.3 is 0 Å². The van der Waals surface area contributed by atoms with E-state index in [2.05, 4.69) is 9.98 Å². The van der Waals surface area contributed by atoms with Crippen LogP contribution in [0.5, 0.6) is 11.5 Å². The van der Waals surface area contributed by atoms with Gasteiger partial charge in [-0.15, -0.1) is 0 Å². The van der Waals surface area contributed by atoms with Crippen molar-refractivity contribution in [3.63, 3.8) is 0 Å². The lowest BCUT2D eigenvalue weighted by molar-refractivity contribution is 0.340. The topological polar surface area (TPSA) is 67.9 Å². The predicted molar refractivity (Wildman–Crippen MR) is 123 cm³/mol. The summed E-state index contributed by atoms with van der Waals surface area (Å²) in [6.45, 7) is 2.58. The number of aliphatic imine (C=N–C) groups is 1. The van der Waals surface area contributed by atoms with Gasteiger partial charge in [-0.05, 0) is 66.2 Å². The first-order valence-electron chi connectivity index (χ1n) is 10.1. The maximum atomic E-state index is 10.3. The monoisotopic (exact) mass is 408 g/mol. The number of nitrogens with zero attached hydrogens (tertiary/aromatic N) is 2. The summed E-state index contributed by atoms with van der Waals surface area (Å²) in [5, 5.41) is 12.3. The third kappa shape index (κ3) is 3.73. The first kappa shape index (κ1) is 18.9. The second-order valence-electron chi connectivity index (χ2n) is 7.11. The molecule has 31 heavy (non-hydrogen) atoms. The highest BCUT2D eigenvalue weighted by atomic mass is 16.5. The molecule has 0 unspecified atom stereocenters. The van der Waals surface area contributed by atoms with Gasteiger partial charge in [-0.3, -0.25) is 4.99 Å². The zero-order chi connectivity index (χ0) is 21.2. The van der Waals surface area contributed by atoms with Crippen molar-refractivity contribution in [1.82, 2.24) is 4.98 Å². The van der Waals surface area contributed by atoms with Crippen LogP contribution in [0.25, 0.3) is 33.3 Å². The highest BCUT2D eigenvalue weighted by molar-refractivity contribution is 6.03. The largest absolute Gasteiger partial charge is 0.507 e. The van der Waals surface area contributed by atoms with E-state index in [1.807, 2.05) is 79.7 Å². The summed E-state index contributed by atoms with van der Waals surface area (Å²) in [7, 11) is 0. The summed E-state index contributed by atoms with van der Waals surface area (Å²) < 4.78 is 11.4. The fraction of sp³-hybridized carbons (Fsp3) is 0.0769. The van der Waals surface area contributed by atoms with Crippen molar-refractivity contribution < 1.29 is 14.3 Å². The molecule has 1 heterocycles. The van der Waals surface area contributed by atoms with Gasteiger partial charge < -0.3 is 14.3 Å². The quantitative estimate of drug-likeness (QED) is 0.337. The molecule has 5 nitrogen and oxygen atoms in total. The summed E-state index contributed by atoms with van der Waals surface area (Å²) in [6.07, 6.45) is 1.69. The van der Waals surface area contributed by atoms with Crippen LogP contribution in [0.4, 0.5) is 5.69 Å². The van der Waals surface area contributed by atoms with Crippen molar-refractivity contribution in [2.24, 2.45) is 4.99 Å². The van der Waals surface area contributed by atoms with E-state index in [0.29, 0.717) is 23.6 Å². The lowest BCUT2D eigenvalue weighted by Crippen LogP contribution is -1.90. The van der Waals surface area contributed by atoms with Crippen LogP contribution in [0.15, 0.2) is 88.3 Å². The summed E-state index contributed by atoms with van der Waals surface area (Å²) in [5.74, 6) is 1.56. The van der Waals surface area contributed by atoms with Crippen molar-refractivity contribution in [2.75, 3.05) is 6.61 Å². The molecular weight excluding hydrogens is 388 g/mol. The van der Waals surface area contributed by atoms with Crippen LogP contribution < -0.4 is 4.74 Å². The third-order valence-electron chi connectivity index (χ3n) is 5.07. The number of ether oxygens (including phenoxy) is 1. The van der Waals surface area contributed by atoms with Crippen LogP contribution in [0.1, 0.15) is 12.5 Å². The molecule has 0 bridgehead atoms. The molecule has 0 saturated carbocycles. The number of fused-ring (bicyclic) bond motifs is 2. The Morgan fingerprint density at radius 3 is 2.68 bits per heavy atom.